The minimum absolute atomic E-state index is 0.141. The molecule has 2 N–H and O–H groups in total. The van der Waals surface area contributed by atoms with Gasteiger partial charge >= 0.3 is 0 Å². The molecule has 1 spiro atoms. The van der Waals surface area contributed by atoms with Crippen LogP contribution in [0.1, 0.15) is 53.7 Å². The molecule has 2 saturated heterocycles. The number of benzene rings is 1. The number of aryl methyl sites for hydroxylation is 1. The lowest BCUT2D eigenvalue weighted by molar-refractivity contribution is 0.0469. The Kier molecular flexibility index (Phi) is 4.74. The summed E-state index contributed by atoms with van der Waals surface area (Å²) in [5, 5.41) is 0. The van der Waals surface area contributed by atoms with Crippen LogP contribution in [-0.4, -0.2) is 57.9 Å². The number of nitrogens with zero attached hydrogens (tertiary/aromatic N) is 4. The normalized spacial score (nSPS) is 25.3. The van der Waals surface area contributed by atoms with Crippen LogP contribution >= 0.6 is 0 Å². The van der Waals surface area contributed by atoms with Gasteiger partial charge in [0.1, 0.15) is 0 Å². The number of hydrogen-bond acceptors (Lipinski definition) is 5. The number of nitrogen functional groups attached to an aromatic ring is 1. The van der Waals surface area contributed by atoms with Crippen molar-refractivity contribution in [3.8, 4) is 0 Å². The molecule has 1 aliphatic carbocycles. The van der Waals surface area contributed by atoms with Gasteiger partial charge in [-0.3, -0.25) is 9.69 Å². The van der Waals surface area contributed by atoms with E-state index in [0.29, 0.717) is 12.0 Å². The van der Waals surface area contributed by atoms with Gasteiger partial charge in [0.25, 0.3) is 5.91 Å². The van der Waals surface area contributed by atoms with E-state index in [1.54, 1.807) is 0 Å². The maximum atomic E-state index is 12.7. The first-order valence-electron chi connectivity index (χ1n) is 10.8. The molecule has 6 nitrogen and oxygen atoms in total. The second-order valence-electron chi connectivity index (χ2n) is 8.85. The highest BCUT2D eigenvalue weighted by Crippen LogP contribution is 2.44. The van der Waals surface area contributed by atoms with E-state index in [4.69, 9.17) is 5.73 Å². The Labute approximate surface area is 172 Å². The summed E-state index contributed by atoms with van der Waals surface area (Å²) in [6, 6.07) is 10.2. The molecule has 1 atom stereocenters. The Morgan fingerprint density at radius 1 is 1.10 bits per heavy atom. The number of carbonyl (C=O) groups is 1. The zero-order valence-electron chi connectivity index (χ0n) is 16.9. The number of likely N-dealkylation sites (tertiary alicyclic amines) is 2. The van der Waals surface area contributed by atoms with E-state index < -0.39 is 0 Å². The van der Waals surface area contributed by atoms with E-state index in [2.05, 4.69) is 14.9 Å². The number of rotatable bonds is 2. The van der Waals surface area contributed by atoms with Gasteiger partial charge in [-0.05, 0) is 62.8 Å². The van der Waals surface area contributed by atoms with Crippen molar-refractivity contribution in [3.63, 3.8) is 0 Å². The van der Waals surface area contributed by atoms with Gasteiger partial charge < -0.3 is 10.6 Å². The molecule has 1 amide bonds. The van der Waals surface area contributed by atoms with Crippen LogP contribution in [0.4, 0.5) is 5.95 Å². The molecule has 0 bridgehead atoms. The summed E-state index contributed by atoms with van der Waals surface area (Å²) in [5.74, 6) is 0.561. The lowest BCUT2D eigenvalue weighted by Crippen LogP contribution is -2.53. The molecule has 3 heterocycles. The third-order valence-corrected chi connectivity index (χ3v) is 7.15. The number of carbonyl (C=O) groups excluding carboxylic acids is 1. The van der Waals surface area contributed by atoms with Crippen LogP contribution in [0.2, 0.25) is 0 Å². The fourth-order valence-corrected chi connectivity index (χ4v) is 5.63. The highest BCUT2D eigenvalue weighted by molar-refractivity contribution is 5.94. The van der Waals surface area contributed by atoms with Crippen molar-refractivity contribution >= 4 is 11.9 Å². The van der Waals surface area contributed by atoms with Crippen LogP contribution in [0, 0.1) is 0 Å². The van der Waals surface area contributed by atoms with Gasteiger partial charge in [0.05, 0.1) is 5.69 Å². The van der Waals surface area contributed by atoms with Gasteiger partial charge in [0.2, 0.25) is 5.95 Å². The molecule has 0 saturated carbocycles. The van der Waals surface area contributed by atoms with Crippen LogP contribution in [0.25, 0.3) is 0 Å². The van der Waals surface area contributed by atoms with Crippen molar-refractivity contribution < 1.29 is 4.79 Å². The molecule has 1 unspecified atom stereocenters. The zero-order chi connectivity index (χ0) is 19.8. The number of nitrogens with two attached hydrogens (primary N) is 1. The summed E-state index contributed by atoms with van der Waals surface area (Å²) in [7, 11) is 0. The number of aromatic nitrogens is 2. The van der Waals surface area contributed by atoms with Crippen molar-refractivity contribution in [2.75, 3.05) is 31.9 Å². The maximum Gasteiger partial charge on any atom is 0.253 e. The summed E-state index contributed by atoms with van der Waals surface area (Å²) in [5.41, 5.74) is 9.33. The molecule has 1 aromatic heterocycles. The SMILES string of the molecule is Nc1ncc2c(n1)C1(CCCN(C3CCN(C(=O)c4ccccc4)CC3)C1)CC2. The first-order chi connectivity index (χ1) is 14.1. The molecule has 2 fully saturated rings. The number of hydrogen-bond donors (Lipinski definition) is 1. The lowest BCUT2D eigenvalue weighted by Gasteiger charge is -2.46. The minimum atomic E-state index is 0.141. The molecule has 29 heavy (non-hydrogen) atoms. The first kappa shape index (κ1) is 18.6. The Hall–Kier alpha value is -2.47. The number of anilines is 1. The van der Waals surface area contributed by atoms with Crippen LogP contribution < -0.4 is 5.73 Å². The van der Waals surface area contributed by atoms with Crippen molar-refractivity contribution in [2.24, 2.45) is 0 Å². The number of piperidine rings is 2. The molecule has 152 valence electrons. The van der Waals surface area contributed by atoms with Crippen LogP contribution in [0.15, 0.2) is 36.5 Å². The fraction of sp³-hybridized carbons (Fsp3) is 0.522. The molecule has 1 aromatic carbocycles. The minimum Gasteiger partial charge on any atom is -0.368 e. The largest absolute Gasteiger partial charge is 0.368 e. The maximum absolute atomic E-state index is 12.7. The Balaban J connectivity index is 1.26. The molecule has 2 aliphatic heterocycles. The summed E-state index contributed by atoms with van der Waals surface area (Å²) < 4.78 is 0. The summed E-state index contributed by atoms with van der Waals surface area (Å²) in [6.45, 7) is 3.89. The van der Waals surface area contributed by atoms with E-state index in [9.17, 15) is 4.79 Å². The van der Waals surface area contributed by atoms with E-state index >= 15 is 0 Å². The van der Waals surface area contributed by atoms with Crippen molar-refractivity contribution in [1.82, 2.24) is 19.8 Å². The van der Waals surface area contributed by atoms with Gasteiger partial charge in [-0.2, -0.15) is 0 Å². The van der Waals surface area contributed by atoms with Crippen molar-refractivity contribution in [2.45, 2.75) is 50.0 Å². The zero-order valence-corrected chi connectivity index (χ0v) is 16.9. The quantitative estimate of drug-likeness (QED) is 0.852. The van der Waals surface area contributed by atoms with Crippen molar-refractivity contribution in [3.05, 3.63) is 53.3 Å². The van der Waals surface area contributed by atoms with Gasteiger partial charge in [0, 0.05) is 42.9 Å². The van der Waals surface area contributed by atoms with E-state index in [0.717, 1.165) is 57.4 Å². The van der Waals surface area contributed by atoms with Crippen LogP contribution in [0.5, 0.6) is 0 Å². The predicted molar refractivity (Wildman–Crippen MR) is 113 cm³/mol. The summed E-state index contributed by atoms with van der Waals surface area (Å²) in [6.07, 6.45) is 8.64. The average Bonchev–Trinajstić information content (AvgIpc) is 3.11. The summed E-state index contributed by atoms with van der Waals surface area (Å²) >= 11 is 0. The van der Waals surface area contributed by atoms with Gasteiger partial charge in [-0.25, -0.2) is 9.97 Å². The molecule has 5 rings (SSSR count). The second kappa shape index (κ2) is 7.41. The first-order valence-corrected chi connectivity index (χ1v) is 10.8. The van der Waals surface area contributed by atoms with Crippen LogP contribution in [-0.2, 0) is 11.8 Å². The van der Waals surface area contributed by atoms with Crippen molar-refractivity contribution in [1.29, 1.82) is 0 Å². The monoisotopic (exact) mass is 391 g/mol. The average molecular weight is 392 g/mol. The molecular weight excluding hydrogens is 362 g/mol. The number of amides is 1. The molecule has 2 aromatic rings. The smallest absolute Gasteiger partial charge is 0.253 e. The standard InChI is InChI=1S/C23H29N5O/c24-22-25-15-18-7-11-23(20(18)26-22)10-4-12-28(16-23)19-8-13-27(14-9-19)21(29)17-5-2-1-3-6-17/h1-3,5-6,15,19H,4,7-14,16H2,(H2,24,25,26). The van der Waals surface area contributed by atoms with E-state index in [-0.39, 0.29) is 11.3 Å². The topological polar surface area (TPSA) is 75.3 Å². The summed E-state index contributed by atoms with van der Waals surface area (Å²) in [4.78, 5) is 26.3. The molecule has 0 radical (unpaired) electrons. The second-order valence-corrected chi connectivity index (χ2v) is 8.85. The molecule has 3 aliphatic rings. The van der Waals surface area contributed by atoms with Gasteiger partial charge in [-0.1, -0.05) is 18.2 Å². The number of fused-ring (bicyclic) bond motifs is 2. The molecule has 6 heteroatoms. The van der Waals surface area contributed by atoms with Crippen LogP contribution in [0.3, 0.4) is 0 Å². The van der Waals surface area contributed by atoms with E-state index in [1.807, 2.05) is 41.4 Å². The third kappa shape index (κ3) is 3.39. The Bertz CT molecular complexity index is 889. The Morgan fingerprint density at radius 2 is 1.90 bits per heavy atom. The highest BCUT2D eigenvalue weighted by atomic mass is 16.2. The Morgan fingerprint density at radius 3 is 2.69 bits per heavy atom. The molecular formula is C23H29N5O. The van der Waals surface area contributed by atoms with Gasteiger partial charge in [-0.15, -0.1) is 0 Å². The van der Waals surface area contributed by atoms with E-state index in [1.165, 1.54) is 24.1 Å². The fourth-order valence-electron chi connectivity index (χ4n) is 5.63. The highest BCUT2D eigenvalue weighted by Gasteiger charge is 2.45. The van der Waals surface area contributed by atoms with Gasteiger partial charge in [0.15, 0.2) is 0 Å². The predicted octanol–water partition coefficient (Wildman–Crippen LogP) is 2.64. The third-order valence-electron chi connectivity index (χ3n) is 7.15. The lowest BCUT2D eigenvalue weighted by atomic mass is 9.76.